The van der Waals surface area contributed by atoms with Crippen LogP contribution in [0.25, 0.3) is 5.57 Å². The number of alkyl halides is 3. The fourth-order valence-corrected chi connectivity index (χ4v) is 4.96. The third-order valence-corrected chi connectivity index (χ3v) is 6.73. The number of carbonyl (C=O) groups is 2. The van der Waals surface area contributed by atoms with E-state index < -0.39 is 18.2 Å². The molecule has 0 radical (unpaired) electrons. The molecular weight excluding hydrogens is 497 g/mol. The van der Waals surface area contributed by atoms with Gasteiger partial charge >= 0.3 is 12.1 Å². The Kier molecular flexibility index (Phi) is 9.60. The Morgan fingerprint density at radius 2 is 1.87 bits per heavy atom. The molecule has 38 heavy (non-hydrogen) atoms. The Morgan fingerprint density at radius 3 is 2.50 bits per heavy atom. The zero-order valence-electron chi connectivity index (χ0n) is 22.1. The molecule has 1 atom stereocenters. The minimum atomic E-state index is -4.90. The normalized spacial score (nSPS) is 21.9. The molecule has 4 rings (SSSR count). The summed E-state index contributed by atoms with van der Waals surface area (Å²) in [4.78, 5) is 27.3. The average molecular weight is 533 g/mol. The highest BCUT2D eigenvalue weighted by Gasteiger charge is 2.42. The Hall–Kier alpha value is -3.33. The quantitative estimate of drug-likeness (QED) is 0.511. The minimum absolute atomic E-state index is 0.0290. The van der Waals surface area contributed by atoms with E-state index in [2.05, 4.69) is 6.58 Å². The summed E-state index contributed by atoms with van der Waals surface area (Å²) in [5.74, 6) is -0.919. The van der Waals surface area contributed by atoms with Crippen molar-refractivity contribution in [1.29, 1.82) is 0 Å². The number of β-amino-alcohol motifs (C(OH)–C–C–N with tert-alkyl or cyclic N) is 1. The van der Waals surface area contributed by atoms with E-state index in [1.165, 1.54) is 0 Å². The standard InChI is InChI=1S/C27H29F3N2O4.C2H6/c1-3-4-7-21-17(2)36-23-15-19(25(34)32-14-11-20(33)16-32)8-9-22(23)24(21)18-6-5-12-31(13-10-18)26(35)27(28,29)30;1-2/h3-4,7-9,15,20,33H,1,5-6,10-14,16H2,2H3;1-2H3/b7-4-,24-18-;. The lowest BCUT2D eigenvalue weighted by molar-refractivity contribution is -0.185. The molecule has 206 valence electrons. The minimum Gasteiger partial charge on any atom is -0.461 e. The number of ether oxygens (including phenoxy) is 1. The number of aliphatic hydroxyl groups excluding tert-OH is 1. The highest BCUT2D eigenvalue weighted by atomic mass is 19.4. The molecule has 0 saturated carbocycles. The fourth-order valence-electron chi connectivity index (χ4n) is 4.96. The highest BCUT2D eigenvalue weighted by Crippen LogP contribution is 2.43. The number of hydrogen-bond acceptors (Lipinski definition) is 4. The molecule has 3 aliphatic rings. The number of fused-ring (bicyclic) bond motifs is 1. The van der Waals surface area contributed by atoms with Gasteiger partial charge in [-0.15, -0.1) is 0 Å². The van der Waals surface area contributed by atoms with Crippen LogP contribution >= 0.6 is 0 Å². The molecule has 0 aromatic heterocycles. The van der Waals surface area contributed by atoms with Gasteiger partial charge < -0.3 is 19.6 Å². The summed E-state index contributed by atoms with van der Waals surface area (Å²) in [5.41, 5.74) is 3.75. The number of hydrogen-bond donors (Lipinski definition) is 1. The summed E-state index contributed by atoms with van der Waals surface area (Å²) >= 11 is 0. The maximum absolute atomic E-state index is 13.0. The van der Waals surface area contributed by atoms with E-state index in [0.29, 0.717) is 49.3 Å². The molecule has 0 spiro atoms. The molecule has 2 fully saturated rings. The van der Waals surface area contributed by atoms with Gasteiger partial charge in [0.25, 0.3) is 5.91 Å². The van der Waals surface area contributed by atoms with Gasteiger partial charge in [0, 0.05) is 42.9 Å². The first kappa shape index (κ1) is 29.2. The third kappa shape index (κ3) is 6.38. The van der Waals surface area contributed by atoms with Crippen LogP contribution in [-0.4, -0.2) is 65.2 Å². The van der Waals surface area contributed by atoms with Gasteiger partial charge in [-0.25, -0.2) is 0 Å². The first-order valence-corrected chi connectivity index (χ1v) is 13.0. The smallest absolute Gasteiger partial charge is 0.461 e. The Bertz CT molecular complexity index is 1170. The van der Waals surface area contributed by atoms with Crippen LogP contribution in [0.5, 0.6) is 5.75 Å². The van der Waals surface area contributed by atoms with E-state index in [-0.39, 0.29) is 25.5 Å². The largest absolute Gasteiger partial charge is 0.471 e. The molecule has 1 N–H and O–H groups in total. The molecular formula is C29H35F3N2O4. The summed E-state index contributed by atoms with van der Waals surface area (Å²) in [6.45, 7) is 10.3. The topological polar surface area (TPSA) is 70.1 Å². The summed E-state index contributed by atoms with van der Waals surface area (Å²) in [7, 11) is 0. The number of allylic oxidation sites excluding steroid dienone is 6. The summed E-state index contributed by atoms with van der Waals surface area (Å²) in [6.07, 6.45) is 1.58. The molecule has 3 heterocycles. The molecule has 2 saturated heterocycles. The van der Waals surface area contributed by atoms with Crippen LogP contribution in [0.15, 0.2) is 59.9 Å². The molecule has 1 unspecified atom stereocenters. The van der Waals surface area contributed by atoms with Gasteiger partial charge in [-0.1, -0.05) is 44.2 Å². The lowest BCUT2D eigenvalue weighted by Gasteiger charge is -2.27. The van der Waals surface area contributed by atoms with Crippen LogP contribution in [0.1, 0.15) is 62.4 Å². The van der Waals surface area contributed by atoms with Crippen molar-refractivity contribution < 1.29 is 32.6 Å². The summed E-state index contributed by atoms with van der Waals surface area (Å²) in [5, 5.41) is 9.79. The fraction of sp³-hybridized carbons (Fsp3) is 0.448. The van der Waals surface area contributed by atoms with Gasteiger partial charge in [0.15, 0.2) is 0 Å². The van der Waals surface area contributed by atoms with Crippen LogP contribution in [0.4, 0.5) is 13.2 Å². The van der Waals surface area contributed by atoms with Crippen molar-refractivity contribution in [2.24, 2.45) is 0 Å². The van der Waals surface area contributed by atoms with E-state index in [1.807, 2.05) is 19.9 Å². The number of halogens is 3. The third-order valence-electron chi connectivity index (χ3n) is 6.73. The molecule has 0 aliphatic carbocycles. The van der Waals surface area contributed by atoms with E-state index in [4.69, 9.17) is 4.74 Å². The monoisotopic (exact) mass is 532 g/mol. The van der Waals surface area contributed by atoms with Crippen molar-refractivity contribution in [3.63, 3.8) is 0 Å². The Morgan fingerprint density at radius 1 is 1.13 bits per heavy atom. The van der Waals surface area contributed by atoms with Crippen molar-refractivity contribution in [3.8, 4) is 5.75 Å². The summed E-state index contributed by atoms with van der Waals surface area (Å²) < 4.78 is 45.1. The van der Waals surface area contributed by atoms with E-state index >= 15 is 0 Å². The zero-order chi connectivity index (χ0) is 28.0. The Labute approximate surface area is 221 Å². The van der Waals surface area contributed by atoms with Crippen molar-refractivity contribution in [2.45, 2.75) is 58.7 Å². The van der Waals surface area contributed by atoms with Gasteiger partial charge in [0.05, 0.1) is 6.10 Å². The van der Waals surface area contributed by atoms with E-state index in [1.54, 1.807) is 42.2 Å². The average Bonchev–Trinajstić information content (AvgIpc) is 3.18. The number of likely N-dealkylation sites (tertiary alicyclic amines) is 2. The second-order valence-electron chi connectivity index (χ2n) is 9.19. The van der Waals surface area contributed by atoms with Gasteiger partial charge in [-0.3, -0.25) is 9.59 Å². The van der Waals surface area contributed by atoms with Gasteiger partial charge in [-0.2, -0.15) is 13.2 Å². The van der Waals surface area contributed by atoms with Gasteiger partial charge in [0.1, 0.15) is 11.5 Å². The van der Waals surface area contributed by atoms with Gasteiger partial charge in [0.2, 0.25) is 0 Å². The predicted octanol–water partition coefficient (Wildman–Crippen LogP) is 5.66. The number of aliphatic hydroxyl groups is 1. The lowest BCUT2D eigenvalue weighted by atomic mass is 9.86. The van der Waals surface area contributed by atoms with E-state index in [0.717, 1.165) is 27.2 Å². The molecule has 6 nitrogen and oxygen atoms in total. The van der Waals surface area contributed by atoms with Crippen molar-refractivity contribution in [3.05, 3.63) is 71.0 Å². The molecule has 1 aromatic rings. The van der Waals surface area contributed by atoms with Gasteiger partial charge in [-0.05, 0) is 56.4 Å². The van der Waals surface area contributed by atoms with Crippen LogP contribution in [0, 0.1) is 0 Å². The molecule has 2 amide bonds. The second kappa shape index (κ2) is 12.5. The number of nitrogens with zero attached hydrogens (tertiary/aromatic N) is 2. The maximum Gasteiger partial charge on any atom is 0.471 e. The highest BCUT2D eigenvalue weighted by molar-refractivity contribution is 5.97. The van der Waals surface area contributed by atoms with Crippen molar-refractivity contribution in [2.75, 3.05) is 26.2 Å². The second-order valence-corrected chi connectivity index (χ2v) is 9.19. The van der Waals surface area contributed by atoms with Crippen LogP contribution in [0.3, 0.4) is 0 Å². The number of rotatable bonds is 3. The predicted molar refractivity (Wildman–Crippen MR) is 140 cm³/mol. The molecule has 9 heteroatoms. The van der Waals surface area contributed by atoms with Crippen molar-refractivity contribution in [1.82, 2.24) is 9.80 Å². The zero-order valence-corrected chi connectivity index (χ0v) is 22.1. The van der Waals surface area contributed by atoms with E-state index in [9.17, 15) is 27.9 Å². The molecule has 0 bridgehead atoms. The van der Waals surface area contributed by atoms with Crippen LogP contribution < -0.4 is 4.74 Å². The van der Waals surface area contributed by atoms with Crippen LogP contribution in [-0.2, 0) is 4.79 Å². The summed E-state index contributed by atoms with van der Waals surface area (Å²) in [6, 6.07) is 5.19. The molecule has 3 aliphatic heterocycles. The SMILES string of the molecule is C=C/C=C\C1=C(C)Oc2cc(C(=O)N3CCC(O)C3)ccc2/C1=C1/CCCN(C(=O)C(F)(F)F)CC1.CC. The maximum atomic E-state index is 13.0. The first-order chi connectivity index (χ1) is 18.1. The Balaban J connectivity index is 0.00000195. The number of amides is 2. The number of benzene rings is 1. The molecule has 1 aromatic carbocycles. The van der Waals surface area contributed by atoms with Crippen molar-refractivity contribution >= 4 is 17.4 Å². The lowest BCUT2D eigenvalue weighted by Crippen LogP contribution is -2.41. The number of carbonyl (C=O) groups excluding carboxylic acids is 2. The van der Waals surface area contributed by atoms with Crippen LogP contribution in [0.2, 0.25) is 0 Å². The first-order valence-electron chi connectivity index (χ1n) is 13.0.